The highest BCUT2D eigenvalue weighted by Crippen LogP contribution is 2.45. The van der Waals surface area contributed by atoms with Gasteiger partial charge in [-0.25, -0.2) is 4.39 Å². The Balaban J connectivity index is 1.89. The van der Waals surface area contributed by atoms with Crippen molar-refractivity contribution in [1.29, 1.82) is 0 Å². The maximum Gasteiger partial charge on any atom is 0.108 e. The van der Waals surface area contributed by atoms with Gasteiger partial charge in [0.25, 0.3) is 0 Å². The molecule has 2 aliphatic carbocycles. The Morgan fingerprint density at radius 2 is 1.88 bits per heavy atom. The van der Waals surface area contributed by atoms with Gasteiger partial charge in [0.2, 0.25) is 0 Å². The molecular weight excluding hydrogens is 211 g/mol. The molecule has 0 amide bonds. The van der Waals surface area contributed by atoms with Crippen LogP contribution >= 0.6 is 0 Å². The number of halogens is 1. The van der Waals surface area contributed by atoms with Crippen molar-refractivity contribution in [3.8, 4) is 0 Å². The summed E-state index contributed by atoms with van der Waals surface area (Å²) in [5.41, 5.74) is 0.578. The number of alkyl halides is 1. The molecule has 0 spiro atoms. The first kappa shape index (κ1) is 13.1. The number of hydrogen-bond acceptors (Lipinski definition) is 0. The molecule has 0 radical (unpaired) electrons. The molecule has 1 heteroatoms. The summed E-state index contributed by atoms with van der Waals surface area (Å²) >= 11 is 0. The Kier molecular flexibility index (Phi) is 3.95. The fourth-order valence-electron chi connectivity index (χ4n) is 3.81. The van der Waals surface area contributed by atoms with E-state index in [2.05, 4.69) is 13.5 Å². The molecule has 0 aromatic heterocycles. The minimum absolute atomic E-state index is 0.703. The zero-order valence-electron chi connectivity index (χ0n) is 11.5. The second-order valence-electron chi connectivity index (χ2n) is 6.57. The molecule has 98 valence electrons. The van der Waals surface area contributed by atoms with E-state index in [1.165, 1.54) is 31.3 Å². The first-order valence-corrected chi connectivity index (χ1v) is 7.38. The normalized spacial score (nSPS) is 43.7. The molecule has 2 atom stereocenters. The Morgan fingerprint density at radius 3 is 2.41 bits per heavy atom. The molecule has 2 saturated carbocycles. The van der Waals surface area contributed by atoms with Crippen molar-refractivity contribution < 1.29 is 4.39 Å². The van der Waals surface area contributed by atoms with Gasteiger partial charge in [-0.15, -0.1) is 0 Å². The summed E-state index contributed by atoms with van der Waals surface area (Å²) < 4.78 is 13.8. The van der Waals surface area contributed by atoms with Crippen LogP contribution in [0.15, 0.2) is 12.2 Å². The minimum atomic E-state index is -0.890. The number of hydrogen-bond donors (Lipinski definition) is 0. The first-order valence-electron chi connectivity index (χ1n) is 7.38. The molecule has 17 heavy (non-hydrogen) atoms. The van der Waals surface area contributed by atoms with Gasteiger partial charge in [0, 0.05) is 0 Å². The van der Waals surface area contributed by atoms with Crippen molar-refractivity contribution in [2.45, 2.75) is 70.9 Å². The van der Waals surface area contributed by atoms with Crippen LogP contribution in [0.3, 0.4) is 0 Å². The lowest BCUT2D eigenvalue weighted by atomic mass is 9.67. The number of rotatable bonds is 2. The predicted octanol–water partition coefficient (Wildman–Crippen LogP) is 5.29. The second-order valence-corrected chi connectivity index (χ2v) is 6.57. The van der Waals surface area contributed by atoms with Crippen LogP contribution in [-0.4, -0.2) is 5.67 Å². The van der Waals surface area contributed by atoms with Gasteiger partial charge in [-0.2, -0.15) is 0 Å². The molecule has 2 aliphatic rings. The highest BCUT2D eigenvalue weighted by molar-refractivity contribution is 5.08. The second kappa shape index (κ2) is 5.12. The first-order chi connectivity index (χ1) is 8.02. The van der Waals surface area contributed by atoms with Gasteiger partial charge in [0.1, 0.15) is 5.67 Å². The van der Waals surface area contributed by atoms with Crippen LogP contribution in [0.25, 0.3) is 0 Å². The Labute approximate surface area is 106 Å². The van der Waals surface area contributed by atoms with Crippen molar-refractivity contribution in [2.24, 2.45) is 17.8 Å². The summed E-state index contributed by atoms with van der Waals surface area (Å²) in [4.78, 5) is 0. The fourth-order valence-corrected chi connectivity index (χ4v) is 3.81. The van der Waals surface area contributed by atoms with Crippen LogP contribution in [0.4, 0.5) is 4.39 Å². The summed E-state index contributed by atoms with van der Waals surface area (Å²) in [5.74, 6) is 2.30. The lowest BCUT2D eigenvalue weighted by molar-refractivity contribution is 0.0819. The molecule has 0 N–H and O–H groups in total. The molecule has 0 bridgehead atoms. The average Bonchev–Trinajstić information content (AvgIpc) is 2.29. The third-order valence-corrected chi connectivity index (χ3v) is 5.18. The maximum atomic E-state index is 13.8. The standard InChI is InChI=1S/C16H27F/c1-4-13-5-6-15(12(2)11-13)14-7-9-16(3,17)10-8-14/h13-15H,2,4-11H2,1,3H3/t13?,14?,15-,16?/m1/s1. The summed E-state index contributed by atoms with van der Waals surface area (Å²) in [5, 5.41) is 0. The van der Waals surface area contributed by atoms with E-state index in [-0.39, 0.29) is 0 Å². The molecule has 0 aliphatic heterocycles. The van der Waals surface area contributed by atoms with Gasteiger partial charge < -0.3 is 0 Å². The van der Waals surface area contributed by atoms with Crippen molar-refractivity contribution in [2.75, 3.05) is 0 Å². The van der Waals surface area contributed by atoms with Crippen molar-refractivity contribution in [3.05, 3.63) is 12.2 Å². The average molecular weight is 238 g/mol. The highest BCUT2D eigenvalue weighted by atomic mass is 19.1. The van der Waals surface area contributed by atoms with Crippen LogP contribution in [0.1, 0.15) is 65.2 Å². The van der Waals surface area contributed by atoms with Crippen molar-refractivity contribution >= 4 is 0 Å². The molecule has 2 rings (SSSR count). The van der Waals surface area contributed by atoms with E-state index in [4.69, 9.17) is 0 Å². The van der Waals surface area contributed by atoms with Gasteiger partial charge in [-0.3, -0.25) is 0 Å². The van der Waals surface area contributed by atoms with E-state index >= 15 is 0 Å². The van der Waals surface area contributed by atoms with E-state index in [1.807, 2.05) is 0 Å². The fraction of sp³-hybridized carbons (Fsp3) is 0.875. The molecule has 0 aromatic carbocycles. The molecule has 0 aromatic rings. The van der Waals surface area contributed by atoms with E-state index in [9.17, 15) is 4.39 Å². The molecular formula is C16H27F. The molecule has 0 saturated heterocycles. The summed E-state index contributed by atoms with van der Waals surface area (Å²) in [6, 6.07) is 0. The molecule has 0 nitrogen and oxygen atoms in total. The van der Waals surface area contributed by atoms with Gasteiger partial charge in [-0.1, -0.05) is 25.5 Å². The lowest BCUT2D eigenvalue weighted by Crippen LogP contribution is -2.32. The van der Waals surface area contributed by atoms with E-state index in [0.717, 1.165) is 37.5 Å². The van der Waals surface area contributed by atoms with Crippen LogP contribution in [0.5, 0.6) is 0 Å². The summed E-state index contributed by atoms with van der Waals surface area (Å²) in [6.45, 7) is 8.37. The monoisotopic (exact) mass is 238 g/mol. The predicted molar refractivity (Wildman–Crippen MR) is 71.7 cm³/mol. The summed E-state index contributed by atoms with van der Waals surface area (Å²) in [7, 11) is 0. The minimum Gasteiger partial charge on any atom is -0.244 e. The van der Waals surface area contributed by atoms with Crippen LogP contribution < -0.4 is 0 Å². The topological polar surface area (TPSA) is 0 Å². The van der Waals surface area contributed by atoms with Gasteiger partial charge in [0.15, 0.2) is 0 Å². The summed E-state index contributed by atoms with van der Waals surface area (Å²) in [6.07, 6.45) is 8.87. The Bertz CT molecular complexity index is 269. The SMILES string of the molecule is C=C1CC(CC)CC[C@H]1C1CCC(C)(F)CC1. The van der Waals surface area contributed by atoms with E-state index < -0.39 is 5.67 Å². The smallest absolute Gasteiger partial charge is 0.108 e. The zero-order valence-corrected chi connectivity index (χ0v) is 11.5. The van der Waals surface area contributed by atoms with E-state index in [1.54, 1.807) is 6.92 Å². The molecule has 0 heterocycles. The third kappa shape index (κ3) is 3.11. The van der Waals surface area contributed by atoms with Crippen LogP contribution in [0, 0.1) is 17.8 Å². The largest absolute Gasteiger partial charge is 0.244 e. The highest BCUT2D eigenvalue weighted by Gasteiger charge is 2.36. The Hall–Kier alpha value is -0.330. The number of allylic oxidation sites excluding steroid dienone is 1. The van der Waals surface area contributed by atoms with Crippen molar-refractivity contribution in [1.82, 2.24) is 0 Å². The van der Waals surface area contributed by atoms with E-state index in [0.29, 0.717) is 5.92 Å². The van der Waals surface area contributed by atoms with Gasteiger partial charge in [-0.05, 0) is 69.6 Å². The van der Waals surface area contributed by atoms with Crippen LogP contribution in [0.2, 0.25) is 0 Å². The van der Waals surface area contributed by atoms with Crippen LogP contribution in [-0.2, 0) is 0 Å². The quantitative estimate of drug-likeness (QED) is 0.574. The zero-order chi connectivity index (χ0) is 12.5. The lowest BCUT2D eigenvalue weighted by Gasteiger charge is -2.40. The van der Waals surface area contributed by atoms with Crippen molar-refractivity contribution in [3.63, 3.8) is 0 Å². The molecule has 1 unspecified atom stereocenters. The van der Waals surface area contributed by atoms with Gasteiger partial charge >= 0.3 is 0 Å². The third-order valence-electron chi connectivity index (χ3n) is 5.18. The molecule has 2 fully saturated rings. The Morgan fingerprint density at radius 1 is 1.24 bits per heavy atom. The van der Waals surface area contributed by atoms with Gasteiger partial charge in [0.05, 0.1) is 0 Å². The maximum absolute atomic E-state index is 13.8.